The van der Waals surface area contributed by atoms with Gasteiger partial charge in [-0.25, -0.2) is 9.59 Å². The number of urea groups is 1. The van der Waals surface area contributed by atoms with Crippen molar-refractivity contribution in [3.8, 4) is 12.3 Å². The van der Waals surface area contributed by atoms with Gasteiger partial charge in [0.15, 0.2) is 0 Å². The minimum Gasteiger partial charge on any atom is -0.480 e. The maximum Gasteiger partial charge on any atom is 0.327 e. The van der Waals surface area contributed by atoms with Gasteiger partial charge in [0.2, 0.25) is 0 Å². The van der Waals surface area contributed by atoms with Crippen LogP contribution in [-0.4, -0.2) is 32.9 Å². The SMILES string of the molecule is C#CCC(NC(=O)NCc1c(C)nn(C)c1C)C(=O)O. The second-order valence-corrected chi connectivity index (χ2v) is 4.40. The lowest BCUT2D eigenvalue weighted by molar-refractivity contribution is -0.139. The zero-order valence-electron chi connectivity index (χ0n) is 11.7. The highest BCUT2D eigenvalue weighted by molar-refractivity contribution is 5.82. The molecule has 0 saturated heterocycles. The molecule has 0 radical (unpaired) electrons. The summed E-state index contributed by atoms with van der Waals surface area (Å²) in [5, 5.41) is 18.0. The number of carbonyl (C=O) groups excluding carboxylic acids is 1. The molecule has 1 unspecified atom stereocenters. The van der Waals surface area contributed by atoms with Crippen molar-refractivity contribution in [2.75, 3.05) is 0 Å². The van der Waals surface area contributed by atoms with Crippen LogP contribution < -0.4 is 10.6 Å². The van der Waals surface area contributed by atoms with Crippen LogP contribution >= 0.6 is 0 Å². The van der Waals surface area contributed by atoms with Gasteiger partial charge >= 0.3 is 12.0 Å². The number of hydrogen-bond donors (Lipinski definition) is 3. The van der Waals surface area contributed by atoms with Crippen LogP contribution in [0.4, 0.5) is 4.79 Å². The lowest BCUT2D eigenvalue weighted by Gasteiger charge is -2.13. The summed E-state index contributed by atoms with van der Waals surface area (Å²) in [7, 11) is 1.82. The van der Waals surface area contributed by atoms with Crippen LogP contribution in [0.5, 0.6) is 0 Å². The summed E-state index contributed by atoms with van der Waals surface area (Å²) >= 11 is 0. The molecule has 0 bridgehead atoms. The van der Waals surface area contributed by atoms with Crippen LogP contribution in [0.25, 0.3) is 0 Å². The highest BCUT2D eigenvalue weighted by Gasteiger charge is 2.19. The Labute approximate surface area is 117 Å². The van der Waals surface area contributed by atoms with Crippen molar-refractivity contribution in [3.05, 3.63) is 17.0 Å². The van der Waals surface area contributed by atoms with Gasteiger partial charge in [-0.15, -0.1) is 12.3 Å². The number of carboxylic acids is 1. The summed E-state index contributed by atoms with van der Waals surface area (Å²) in [5.74, 6) is 1.05. The second kappa shape index (κ2) is 6.61. The van der Waals surface area contributed by atoms with E-state index in [0.29, 0.717) is 0 Å². The molecule has 1 aromatic heterocycles. The number of carbonyl (C=O) groups is 2. The number of amides is 2. The molecule has 1 rings (SSSR count). The molecule has 2 amide bonds. The molecule has 0 aliphatic heterocycles. The zero-order valence-corrected chi connectivity index (χ0v) is 11.7. The number of aryl methyl sites for hydroxylation is 2. The first-order valence-corrected chi connectivity index (χ1v) is 6.06. The van der Waals surface area contributed by atoms with Crippen molar-refractivity contribution in [2.45, 2.75) is 32.9 Å². The fraction of sp³-hybridized carbons (Fsp3) is 0.462. The van der Waals surface area contributed by atoms with E-state index >= 15 is 0 Å². The van der Waals surface area contributed by atoms with Gasteiger partial charge in [-0.3, -0.25) is 4.68 Å². The van der Waals surface area contributed by atoms with Gasteiger partial charge < -0.3 is 15.7 Å². The number of nitrogens with one attached hydrogen (secondary N) is 2. The highest BCUT2D eigenvalue weighted by atomic mass is 16.4. The van der Waals surface area contributed by atoms with E-state index in [1.54, 1.807) is 4.68 Å². The summed E-state index contributed by atoms with van der Waals surface area (Å²) in [4.78, 5) is 22.5. The topological polar surface area (TPSA) is 96.3 Å². The molecule has 0 aromatic carbocycles. The van der Waals surface area contributed by atoms with E-state index in [4.69, 9.17) is 11.5 Å². The smallest absolute Gasteiger partial charge is 0.327 e. The van der Waals surface area contributed by atoms with Crippen molar-refractivity contribution >= 4 is 12.0 Å². The molecule has 1 atom stereocenters. The van der Waals surface area contributed by atoms with Crippen LogP contribution in [0.3, 0.4) is 0 Å². The van der Waals surface area contributed by atoms with Gasteiger partial charge in [0, 0.05) is 31.3 Å². The van der Waals surface area contributed by atoms with Gasteiger partial charge in [0.25, 0.3) is 0 Å². The molecule has 0 aliphatic carbocycles. The van der Waals surface area contributed by atoms with Crippen LogP contribution in [0.15, 0.2) is 0 Å². The molecule has 108 valence electrons. The first-order chi connectivity index (χ1) is 9.36. The number of rotatable bonds is 5. The zero-order chi connectivity index (χ0) is 15.3. The highest BCUT2D eigenvalue weighted by Crippen LogP contribution is 2.10. The van der Waals surface area contributed by atoms with Crippen molar-refractivity contribution < 1.29 is 14.7 Å². The van der Waals surface area contributed by atoms with E-state index < -0.39 is 18.0 Å². The Balaban J connectivity index is 2.59. The molecule has 7 heteroatoms. The Morgan fingerprint density at radius 3 is 2.60 bits per heavy atom. The molecular formula is C13H18N4O3. The number of aliphatic carboxylic acids is 1. The Morgan fingerprint density at radius 2 is 2.15 bits per heavy atom. The monoisotopic (exact) mass is 278 g/mol. The summed E-state index contributed by atoms with van der Waals surface area (Å²) < 4.78 is 1.72. The first-order valence-electron chi connectivity index (χ1n) is 6.06. The molecular weight excluding hydrogens is 260 g/mol. The number of aromatic nitrogens is 2. The summed E-state index contributed by atoms with van der Waals surface area (Å²) in [6.07, 6.45) is 4.99. The largest absolute Gasteiger partial charge is 0.480 e. The van der Waals surface area contributed by atoms with Crippen molar-refractivity contribution in [2.24, 2.45) is 7.05 Å². The summed E-state index contributed by atoms with van der Waals surface area (Å²) in [5.41, 5.74) is 2.68. The quantitative estimate of drug-likeness (QED) is 0.675. The Morgan fingerprint density at radius 1 is 1.50 bits per heavy atom. The van der Waals surface area contributed by atoms with Gasteiger partial charge in [0.1, 0.15) is 6.04 Å². The second-order valence-electron chi connectivity index (χ2n) is 4.40. The first kappa shape index (κ1) is 15.6. The maximum atomic E-state index is 11.7. The summed E-state index contributed by atoms with van der Waals surface area (Å²) in [6, 6.07) is -1.66. The van der Waals surface area contributed by atoms with Gasteiger partial charge in [-0.05, 0) is 13.8 Å². The molecule has 1 heterocycles. The van der Waals surface area contributed by atoms with Gasteiger partial charge in [-0.2, -0.15) is 5.10 Å². The predicted octanol–water partition coefficient (Wildman–Crippen LogP) is 0.313. The average molecular weight is 278 g/mol. The standard InChI is InChI=1S/C13H18N4O3/c1-5-6-11(12(18)19)15-13(20)14-7-10-8(2)16-17(4)9(10)3/h1,11H,6-7H2,2-4H3,(H,18,19)(H2,14,15,20). The number of nitrogens with zero attached hydrogens (tertiary/aromatic N) is 2. The normalized spacial score (nSPS) is 11.5. The third kappa shape index (κ3) is 3.75. The molecule has 0 fully saturated rings. The summed E-state index contributed by atoms with van der Waals surface area (Å²) in [6.45, 7) is 4.02. The number of carboxylic acid groups (broad SMARTS) is 1. The third-order valence-electron chi connectivity index (χ3n) is 3.01. The molecule has 0 spiro atoms. The third-order valence-corrected chi connectivity index (χ3v) is 3.01. The Kier molecular flexibility index (Phi) is 5.15. The Bertz CT molecular complexity index is 557. The molecule has 0 aliphatic rings. The molecule has 20 heavy (non-hydrogen) atoms. The average Bonchev–Trinajstić information content (AvgIpc) is 2.60. The van der Waals surface area contributed by atoms with Crippen LogP contribution in [0.1, 0.15) is 23.4 Å². The predicted molar refractivity (Wildman–Crippen MR) is 72.9 cm³/mol. The van der Waals surface area contributed by atoms with Crippen LogP contribution in [-0.2, 0) is 18.4 Å². The van der Waals surface area contributed by atoms with E-state index in [9.17, 15) is 9.59 Å². The fourth-order valence-electron chi connectivity index (χ4n) is 1.77. The molecule has 0 saturated carbocycles. The molecule has 3 N–H and O–H groups in total. The van der Waals surface area contributed by atoms with Crippen molar-refractivity contribution in [1.29, 1.82) is 0 Å². The Hall–Kier alpha value is -2.49. The maximum absolute atomic E-state index is 11.7. The minimum atomic E-state index is -1.16. The van der Waals surface area contributed by atoms with E-state index in [0.717, 1.165) is 17.0 Å². The van der Waals surface area contributed by atoms with Crippen molar-refractivity contribution in [1.82, 2.24) is 20.4 Å². The number of terminal acetylenes is 1. The molecule has 1 aromatic rings. The van der Waals surface area contributed by atoms with Crippen molar-refractivity contribution in [3.63, 3.8) is 0 Å². The lowest BCUT2D eigenvalue weighted by Crippen LogP contribution is -2.45. The van der Waals surface area contributed by atoms with Crippen LogP contribution in [0.2, 0.25) is 0 Å². The van der Waals surface area contributed by atoms with E-state index in [-0.39, 0.29) is 13.0 Å². The lowest BCUT2D eigenvalue weighted by atomic mass is 10.2. The minimum absolute atomic E-state index is 0.0618. The van der Waals surface area contributed by atoms with Crippen LogP contribution in [0, 0.1) is 26.2 Å². The van der Waals surface area contributed by atoms with Gasteiger partial charge in [-0.1, -0.05) is 0 Å². The molecule has 7 nitrogen and oxygen atoms in total. The van der Waals surface area contributed by atoms with Gasteiger partial charge in [0.05, 0.1) is 5.69 Å². The van der Waals surface area contributed by atoms with E-state index in [1.165, 1.54) is 0 Å². The van der Waals surface area contributed by atoms with E-state index in [1.807, 2.05) is 20.9 Å². The number of hydrogen-bond acceptors (Lipinski definition) is 3. The van der Waals surface area contributed by atoms with E-state index in [2.05, 4.69) is 21.7 Å². The fourth-order valence-corrected chi connectivity index (χ4v) is 1.77.